The molecule has 0 heterocycles. The maximum atomic E-state index is 5.50. The maximum Gasteiger partial charge on any atom is 0.0269 e. The molecular formula is C8H10INS. The molecule has 0 saturated carbocycles. The van der Waals surface area contributed by atoms with Gasteiger partial charge in [-0.2, -0.15) is 0 Å². The van der Waals surface area contributed by atoms with E-state index in [2.05, 4.69) is 47.0 Å². The Bertz CT molecular complexity index is 250. The number of hydrogen-bond acceptors (Lipinski definition) is 2. The van der Waals surface area contributed by atoms with Crippen LogP contribution in [0.4, 0.5) is 0 Å². The lowest BCUT2D eigenvalue weighted by molar-refractivity contribution is 1.06. The first-order valence-electron chi connectivity index (χ1n) is 3.30. The SMILES string of the molecule is CSc1ccc(CN)cc1I. The van der Waals surface area contributed by atoms with Crippen LogP contribution in [0.3, 0.4) is 0 Å². The molecule has 1 rings (SSSR count). The Hall–Kier alpha value is 0.260. The van der Waals surface area contributed by atoms with Crippen LogP contribution in [0.25, 0.3) is 0 Å². The Morgan fingerprint density at radius 3 is 2.73 bits per heavy atom. The summed E-state index contributed by atoms with van der Waals surface area (Å²) in [6, 6.07) is 6.33. The van der Waals surface area contributed by atoms with Crippen molar-refractivity contribution < 1.29 is 0 Å². The second-order valence-electron chi connectivity index (χ2n) is 2.17. The first-order valence-corrected chi connectivity index (χ1v) is 5.60. The minimum atomic E-state index is 0.630. The molecule has 1 aromatic rings. The average Bonchev–Trinajstić information content (AvgIpc) is 2.04. The highest BCUT2D eigenvalue weighted by molar-refractivity contribution is 14.1. The second-order valence-corrected chi connectivity index (χ2v) is 4.18. The third-order valence-electron chi connectivity index (χ3n) is 1.45. The van der Waals surface area contributed by atoms with E-state index in [4.69, 9.17) is 5.73 Å². The van der Waals surface area contributed by atoms with E-state index in [0.717, 1.165) is 0 Å². The van der Waals surface area contributed by atoms with Crippen molar-refractivity contribution in [2.75, 3.05) is 6.26 Å². The lowest BCUT2D eigenvalue weighted by Crippen LogP contribution is -1.96. The van der Waals surface area contributed by atoms with Crippen molar-refractivity contribution in [3.63, 3.8) is 0 Å². The molecule has 0 radical (unpaired) electrons. The molecule has 0 aliphatic carbocycles. The average molecular weight is 279 g/mol. The van der Waals surface area contributed by atoms with Gasteiger partial charge in [0, 0.05) is 15.0 Å². The molecule has 0 unspecified atom stereocenters. The summed E-state index contributed by atoms with van der Waals surface area (Å²) >= 11 is 4.10. The van der Waals surface area contributed by atoms with Crippen LogP contribution in [0.2, 0.25) is 0 Å². The maximum absolute atomic E-state index is 5.50. The fourth-order valence-electron chi connectivity index (χ4n) is 0.837. The summed E-state index contributed by atoms with van der Waals surface area (Å²) in [5, 5.41) is 0. The molecule has 60 valence electrons. The van der Waals surface area contributed by atoms with Crippen molar-refractivity contribution in [2.24, 2.45) is 5.73 Å². The summed E-state index contributed by atoms with van der Waals surface area (Å²) in [6.07, 6.45) is 2.08. The van der Waals surface area contributed by atoms with E-state index in [1.807, 2.05) is 0 Å². The summed E-state index contributed by atoms with van der Waals surface area (Å²) in [5.41, 5.74) is 6.70. The molecule has 0 aliphatic rings. The zero-order chi connectivity index (χ0) is 8.27. The van der Waals surface area contributed by atoms with Gasteiger partial charge in [0.05, 0.1) is 0 Å². The van der Waals surface area contributed by atoms with Crippen molar-refractivity contribution in [2.45, 2.75) is 11.4 Å². The topological polar surface area (TPSA) is 26.0 Å². The highest BCUT2D eigenvalue weighted by atomic mass is 127. The molecule has 2 N–H and O–H groups in total. The quantitative estimate of drug-likeness (QED) is 0.665. The number of benzene rings is 1. The summed E-state index contributed by atoms with van der Waals surface area (Å²) in [7, 11) is 0. The minimum Gasteiger partial charge on any atom is -0.326 e. The standard InChI is InChI=1S/C8H10INS/c1-11-8-3-2-6(5-10)4-7(8)9/h2-4H,5,10H2,1H3. The van der Waals surface area contributed by atoms with Gasteiger partial charge in [0.1, 0.15) is 0 Å². The Balaban J connectivity index is 2.99. The predicted octanol–water partition coefficient (Wildman–Crippen LogP) is 2.47. The molecule has 11 heavy (non-hydrogen) atoms. The number of thioether (sulfide) groups is 1. The molecule has 1 aromatic carbocycles. The van der Waals surface area contributed by atoms with Gasteiger partial charge in [-0.3, -0.25) is 0 Å². The van der Waals surface area contributed by atoms with Crippen LogP contribution in [0.5, 0.6) is 0 Å². The molecule has 0 bridgehead atoms. The van der Waals surface area contributed by atoms with E-state index in [1.54, 1.807) is 11.8 Å². The third-order valence-corrected chi connectivity index (χ3v) is 3.51. The van der Waals surface area contributed by atoms with Crippen molar-refractivity contribution >= 4 is 34.4 Å². The van der Waals surface area contributed by atoms with Crippen LogP contribution in [0.1, 0.15) is 5.56 Å². The van der Waals surface area contributed by atoms with Crippen molar-refractivity contribution in [1.82, 2.24) is 0 Å². The van der Waals surface area contributed by atoms with Gasteiger partial charge in [-0.25, -0.2) is 0 Å². The molecular weight excluding hydrogens is 269 g/mol. The van der Waals surface area contributed by atoms with Gasteiger partial charge in [-0.05, 0) is 46.5 Å². The zero-order valence-corrected chi connectivity index (χ0v) is 9.28. The largest absolute Gasteiger partial charge is 0.326 e. The minimum absolute atomic E-state index is 0.630. The number of halogens is 1. The van der Waals surface area contributed by atoms with Gasteiger partial charge in [0.2, 0.25) is 0 Å². The summed E-state index contributed by atoms with van der Waals surface area (Å²) in [6.45, 7) is 0.630. The Morgan fingerprint density at radius 1 is 1.55 bits per heavy atom. The van der Waals surface area contributed by atoms with Gasteiger partial charge >= 0.3 is 0 Å². The molecule has 0 fully saturated rings. The van der Waals surface area contributed by atoms with E-state index in [9.17, 15) is 0 Å². The van der Waals surface area contributed by atoms with E-state index >= 15 is 0 Å². The lowest BCUT2D eigenvalue weighted by Gasteiger charge is -2.02. The van der Waals surface area contributed by atoms with Crippen molar-refractivity contribution in [1.29, 1.82) is 0 Å². The van der Waals surface area contributed by atoms with Crippen LogP contribution in [0, 0.1) is 3.57 Å². The zero-order valence-electron chi connectivity index (χ0n) is 6.30. The summed E-state index contributed by atoms with van der Waals surface area (Å²) in [4.78, 5) is 1.32. The second kappa shape index (κ2) is 4.33. The first kappa shape index (κ1) is 9.35. The summed E-state index contributed by atoms with van der Waals surface area (Å²) < 4.78 is 1.29. The van der Waals surface area contributed by atoms with Gasteiger partial charge < -0.3 is 5.73 Å². The van der Waals surface area contributed by atoms with Crippen LogP contribution >= 0.6 is 34.4 Å². The highest BCUT2D eigenvalue weighted by Crippen LogP contribution is 2.22. The summed E-state index contributed by atoms with van der Waals surface area (Å²) in [5.74, 6) is 0. The fourth-order valence-corrected chi connectivity index (χ4v) is 2.54. The molecule has 0 spiro atoms. The normalized spacial score (nSPS) is 10.1. The lowest BCUT2D eigenvalue weighted by atomic mass is 10.2. The van der Waals surface area contributed by atoms with E-state index < -0.39 is 0 Å². The Kier molecular flexibility index (Phi) is 3.68. The number of rotatable bonds is 2. The molecule has 0 aliphatic heterocycles. The first-order chi connectivity index (χ1) is 5.27. The van der Waals surface area contributed by atoms with Gasteiger partial charge in [0.25, 0.3) is 0 Å². The van der Waals surface area contributed by atoms with Crippen LogP contribution in [-0.4, -0.2) is 6.26 Å². The fraction of sp³-hybridized carbons (Fsp3) is 0.250. The third kappa shape index (κ3) is 2.35. The van der Waals surface area contributed by atoms with Crippen LogP contribution in [0.15, 0.2) is 23.1 Å². The predicted molar refractivity (Wildman–Crippen MR) is 58.8 cm³/mol. The van der Waals surface area contributed by atoms with Gasteiger partial charge in [0.15, 0.2) is 0 Å². The van der Waals surface area contributed by atoms with Crippen molar-refractivity contribution in [3.05, 3.63) is 27.3 Å². The Morgan fingerprint density at radius 2 is 2.27 bits per heavy atom. The van der Waals surface area contributed by atoms with Crippen LogP contribution < -0.4 is 5.73 Å². The smallest absolute Gasteiger partial charge is 0.0269 e. The molecule has 0 amide bonds. The van der Waals surface area contributed by atoms with Crippen molar-refractivity contribution in [3.8, 4) is 0 Å². The number of hydrogen-bond donors (Lipinski definition) is 1. The molecule has 1 nitrogen and oxygen atoms in total. The van der Waals surface area contributed by atoms with E-state index in [0.29, 0.717) is 6.54 Å². The number of nitrogens with two attached hydrogens (primary N) is 1. The van der Waals surface area contributed by atoms with Crippen LogP contribution in [-0.2, 0) is 6.54 Å². The van der Waals surface area contributed by atoms with E-state index in [-0.39, 0.29) is 0 Å². The molecule has 0 saturated heterocycles. The molecule has 0 aromatic heterocycles. The van der Waals surface area contributed by atoms with Gasteiger partial charge in [-0.1, -0.05) is 6.07 Å². The van der Waals surface area contributed by atoms with E-state index in [1.165, 1.54) is 14.0 Å². The monoisotopic (exact) mass is 279 g/mol. The highest BCUT2D eigenvalue weighted by Gasteiger charge is 1.97. The van der Waals surface area contributed by atoms with Gasteiger partial charge in [-0.15, -0.1) is 11.8 Å². The Labute approximate surface area is 84.9 Å². The molecule has 0 atom stereocenters. The molecule has 3 heteroatoms.